The maximum Gasteiger partial charge on any atom is 2.00 e. The summed E-state index contributed by atoms with van der Waals surface area (Å²) in [5.74, 6) is 0. The minimum atomic E-state index is 0. The van der Waals surface area contributed by atoms with Gasteiger partial charge in [-0.1, -0.05) is 27.7 Å². The first-order valence-electron chi connectivity index (χ1n) is 7.23. The predicted molar refractivity (Wildman–Crippen MR) is 74.0 cm³/mol. The van der Waals surface area contributed by atoms with Gasteiger partial charge in [-0.15, -0.1) is 0 Å². The molecule has 0 bridgehead atoms. The SMILES string of the molecule is CCCN(CCC)CCN(CCC)CCC.[Br-].[Br-].[Cu+2]. The van der Waals surface area contributed by atoms with Crippen molar-refractivity contribution in [2.45, 2.75) is 53.4 Å². The molecular formula is C14H32Br2CuN2. The third kappa shape index (κ3) is 17.3. The zero-order chi connectivity index (χ0) is 12.2. The van der Waals surface area contributed by atoms with E-state index in [0.717, 1.165) is 0 Å². The average Bonchev–Trinajstić information content (AvgIpc) is 2.27. The predicted octanol–water partition coefficient (Wildman–Crippen LogP) is -2.76. The molecule has 0 amide bonds. The largest absolute Gasteiger partial charge is 2.00 e. The molecule has 0 rings (SSSR count). The van der Waals surface area contributed by atoms with Crippen LogP contribution in [0.2, 0.25) is 0 Å². The second kappa shape index (κ2) is 21.7. The summed E-state index contributed by atoms with van der Waals surface area (Å²) in [6, 6.07) is 0. The van der Waals surface area contributed by atoms with Gasteiger partial charge in [-0.25, -0.2) is 0 Å². The van der Waals surface area contributed by atoms with E-state index in [-0.39, 0.29) is 51.0 Å². The van der Waals surface area contributed by atoms with E-state index in [1.807, 2.05) is 0 Å². The molecule has 0 saturated heterocycles. The maximum atomic E-state index is 2.61. The van der Waals surface area contributed by atoms with E-state index < -0.39 is 0 Å². The van der Waals surface area contributed by atoms with E-state index in [1.165, 1.54) is 65.0 Å². The van der Waals surface area contributed by atoms with Crippen LogP contribution in [0.15, 0.2) is 0 Å². The molecule has 19 heavy (non-hydrogen) atoms. The van der Waals surface area contributed by atoms with Crippen LogP contribution in [0, 0.1) is 0 Å². The van der Waals surface area contributed by atoms with Gasteiger partial charge in [0.15, 0.2) is 0 Å². The van der Waals surface area contributed by atoms with Gasteiger partial charge in [-0.3, -0.25) is 0 Å². The van der Waals surface area contributed by atoms with E-state index in [0.29, 0.717) is 0 Å². The fourth-order valence-corrected chi connectivity index (χ4v) is 2.22. The Balaban J connectivity index is -0.000000375. The van der Waals surface area contributed by atoms with Gasteiger partial charge in [0.25, 0.3) is 0 Å². The van der Waals surface area contributed by atoms with Gasteiger partial charge in [-0.2, -0.15) is 0 Å². The molecule has 0 aliphatic rings. The van der Waals surface area contributed by atoms with Crippen LogP contribution in [0.25, 0.3) is 0 Å². The molecule has 0 aromatic rings. The first kappa shape index (κ1) is 28.5. The van der Waals surface area contributed by atoms with Crippen LogP contribution in [-0.2, 0) is 17.1 Å². The van der Waals surface area contributed by atoms with Gasteiger partial charge in [0.1, 0.15) is 0 Å². The van der Waals surface area contributed by atoms with Crippen LogP contribution in [0.1, 0.15) is 53.4 Å². The van der Waals surface area contributed by atoms with Crippen LogP contribution in [0.5, 0.6) is 0 Å². The minimum absolute atomic E-state index is 0. The molecule has 0 N–H and O–H groups in total. The number of hydrogen-bond acceptors (Lipinski definition) is 2. The molecule has 0 spiro atoms. The molecule has 0 aliphatic carbocycles. The fourth-order valence-electron chi connectivity index (χ4n) is 2.22. The third-order valence-electron chi connectivity index (χ3n) is 2.89. The van der Waals surface area contributed by atoms with Crippen LogP contribution >= 0.6 is 0 Å². The quantitative estimate of drug-likeness (QED) is 0.314. The van der Waals surface area contributed by atoms with Gasteiger partial charge in [0.05, 0.1) is 0 Å². The summed E-state index contributed by atoms with van der Waals surface area (Å²) in [4.78, 5) is 5.22. The van der Waals surface area contributed by atoms with Crippen molar-refractivity contribution in [1.82, 2.24) is 9.80 Å². The van der Waals surface area contributed by atoms with Crippen LogP contribution in [-0.4, -0.2) is 49.1 Å². The topological polar surface area (TPSA) is 6.48 Å². The van der Waals surface area contributed by atoms with Crippen molar-refractivity contribution in [2.24, 2.45) is 0 Å². The maximum absolute atomic E-state index is 2.61. The van der Waals surface area contributed by atoms with E-state index in [2.05, 4.69) is 37.5 Å². The van der Waals surface area contributed by atoms with Crippen molar-refractivity contribution in [3.63, 3.8) is 0 Å². The Morgan fingerprint density at radius 3 is 0.842 bits per heavy atom. The van der Waals surface area contributed by atoms with E-state index >= 15 is 0 Å². The van der Waals surface area contributed by atoms with E-state index in [1.54, 1.807) is 0 Å². The first-order valence-corrected chi connectivity index (χ1v) is 7.23. The number of halogens is 2. The second-order valence-corrected chi connectivity index (χ2v) is 4.68. The van der Waals surface area contributed by atoms with Gasteiger partial charge >= 0.3 is 17.1 Å². The summed E-state index contributed by atoms with van der Waals surface area (Å²) in [7, 11) is 0. The molecule has 0 aliphatic heterocycles. The third-order valence-corrected chi connectivity index (χ3v) is 2.89. The molecule has 123 valence electrons. The minimum Gasteiger partial charge on any atom is -1.00 e. The average molecular weight is 452 g/mol. The van der Waals surface area contributed by atoms with E-state index in [4.69, 9.17) is 0 Å². The molecule has 1 radical (unpaired) electrons. The molecule has 2 nitrogen and oxygen atoms in total. The molecule has 0 aromatic carbocycles. The Morgan fingerprint density at radius 1 is 0.474 bits per heavy atom. The van der Waals surface area contributed by atoms with Crippen molar-refractivity contribution in [3.05, 3.63) is 0 Å². The fraction of sp³-hybridized carbons (Fsp3) is 1.00. The molecular weight excluding hydrogens is 420 g/mol. The van der Waals surface area contributed by atoms with Crippen molar-refractivity contribution >= 4 is 0 Å². The van der Waals surface area contributed by atoms with Crippen LogP contribution in [0.4, 0.5) is 0 Å². The van der Waals surface area contributed by atoms with Gasteiger partial charge in [0.2, 0.25) is 0 Å². The molecule has 0 atom stereocenters. The monoisotopic (exact) mass is 449 g/mol. The summed E-state index contributed by atoms with van der Waals surface area (Å²) in [6.07, 6.45) is 5.12. The molecule has 0 heterocycles. The second-order valence-electron chi connectivity index (χ2n) is 4.68. The van der Waals surface area contributed by atoms with Crippen molar-refractivity contribution in [1.29, 1.82) is 0 Å². The number of nitrogens with zero attached hydrogens (tertiary/aromatic N) is 2. The van der Waals surface area contributed by atoms with Gasteiger partial charge in [0, 0.05) is 13.1 Å². The summed E-state index contributed by atoms with van der Waals surface area (Å²) >= 11 is 0. The molecule has 5 heteroatoms. The summed E-state index contributed by atoms with van der Waals surface area (Å²) in [6.45, 7) is 16.7. The normalized spacial score (nSPS) is 9.79. The zero-order valence-corrected chi connectivity index (χ0v) is 17.1. The summed E-state index contributed by atoms with van der Waals surface area (Å²) < 4.78 is 0. The number of rotatable bonds is 11. The van der Waals surface area contributed by atoms with Gasteiger partial charge < -0.3 is 43.8 Å². The molecule has 0 unspecified atom stereocenters. The smallest absolute Gasteiger partial charge is 1.00 e. The Kier molecular flexibility index (Phi) is 32.6. The molecule has 0 saturated carbocycles. The van der Waals surface area contributed by atoms with Crippen molar-refractivity contribution in [2.75, 3.05) is 39.3 Å². The Morgan fingerprint density at radius 2 is 0.684 bits per heavy atom. The van der Waals surface area contributed by atoms with Crippen LogP contribution in [0.3, 0.4) is 0 Å². The summed E-state index contributed by atoms with van der Waals surface area (Å²) in [5, 5.41) is 0. The Hall–Kier alpha value is 1.40. The van der Waals surface area contributed by atoms with Crippen molar-refractivity contribution in [3.8, 4) is 0 Å². The van der Waals surface area contributed by atoms with Gasteiger partial charge in [-0.05, 0) is 51.9 Å². The van der Waals surface area contributed by atoms with E-state index in [9.17, 15) is 0 Å². The zero-order valence-electron chi connectivity index (χ0n) is 13.0. The molecule has 0 aromatic heterocycles. The summed E-state index contributed by atoms with van der Waals surface area (Å²) in [5.41, 5.74) is 0. The standard InChI is InChI=1S/C14H32N2.2BrH.Cu/c1-5-9-15(10-6-2)13-14-16(11-7-3)12-8-4;;;/h5-14H2,1-4H3;2*1H;/q;;;+2/p-2. The van der Waals surface area contributed by atoms with Crippen molar-refractivity contribution < 1.29 is 51.0 Å². The molecule has 0 fully saturated rings. The Bertz CT molecular complexity index is 123. The van der Waals surface area contributed by atoms with Crippen LogP contribution < -0.4 is 34.0 Å². The Labute approximate surface area is 153 Å². The number of hydrogen-bond donors (Lipinski definition) is 0. The first-order chi connectivity index (χ1) is 7.78.